The van der Waals surface area contributed by atoms with Crippen LogP contribution in [0.5, 0.6) is 5.75 Å². The topological polar surface area (TPSA) is 56.8 Å². The first kappa shape index (κ1) is 26.9. The molecule has 1 heterocycles. The number of piperazine rings is 1. The van der Waals surface area contributed by atoms with Gasteiger partial charge in [-0.25, -0.2) is 8.78 Å². The van der Waals surface area contributed by atoms with Crippen LogP contribution in [0.1, 0.15) is 39.5 Å². The number of hydrogen-bond acceptors (Lipinski definition) is 5. The highest BCUT2D eigenvalue weighted by molar-refractivity contribution is 5.71. The number of ether oxygens (including phenoxy) is 1. The minimum Gasteiger partial charge on any atom is -0.489 e. The van der Waals surface area contributed by atoms with Gasteiger partial charge >= 0.3 is 0 Å². The van der Waals surface area contributed by atoms with Crippen LogP contribution in [-0.2, 0) is 4.79 Å². The lowest BCUT2D eigenvalue weighted by molar-refractivity contribution is -0.105. The summed E-state index contributed by atoms with van der Waals surface area (Å²) in [6, 6.07) is 13.4. The average molecular weight is 489 g/mol. The Hall–Kier alpha value is -2.71. The van der Waals surface area contributed by atoms with Crippen molar-refractivity contribution in [1.29, 1.82) is 0 Å². The third-order valence-electron chi connectivity index (χ3n) is 6.67. The molecule has 0 radical (unpaired) electrons. The molecule has 192 valence electrons. The van der Waals surface area contributed by atoms with Crippen LogP contribution in [0, 0.1) is 11.6 Å². The van der Waals surface area contributed by atoms with Crippen molar-refractivity contribution in [3.05, 3.63) is 54.1 Å². The molecule has 2 aromatic rings. The van der Waals surface area contributed by atoms with Crippen LogP contribution in [0.3, 0.4) is 0 Å². The summed E-state index contributed by atoms with van der Waals surface area (Å²) < 4.78 is 31.2. The molecule has 2 N–H and O–H groups in total. The quantitative estimate of drug-likeness (QED) is 0.556. The Kier molecular flexibility index (Phi) is 10.3. The van der Waals surface area contributed by atoms with E-state index in [1.807, 2.05) is 5.32 Å². The van der Waals surface area contributed by atoms with Crippen molar-refractivity contribution in [2.75, 3.05) is 43.4 Å². The van der Waals surface area contributed by atoms with Gasteiger partial charge in [0.25, 0.3) is 0 Å². The molecule has 2 aromatic carbocycles. The largest absolute Gasteiger partial charge is 0.489 e. The fourth-order valence-corrected chi connectivity index (χ4v) is 4.82. The van der Waals surface area contributed by atoms with Crippen molar-refractivity contribution >= 4 is 17.8 Å². The summed E-state index contributed by atoms with van der Waals surface area (Å²) in [5, 5.41) is 5.35. The monoisotopic (exact) mass is 488 g/mol. The van der Waals surface area contributed by atoms with Crippen LogP contribution in [0.25, 0.3) is 0 Å². The fraction of sp³-hybridized carbons (Fsp3) is 0.519. The summed E-state index contributed by atoms with van der Waals surface area (Å²) in [5.74, 6) is -0.537. The van der Waals surface area contributed by atoms with Gasteiger partial charge in [-0.2, -0.15) is 0 Å². The van der Waals surface area contributed by atoms with Crippen LogP contribution in [0.15, 0.2) is 42.5 Å². The number of carbonyl (C=O) groups excluding carboxylic acids is 1. The number of para-hydroxylation sites is 3. The Balaban J connectivity index is 0.000000261. The summed E-state index contributed by atoms with van der Waals surface area (Å²) in [7, 11) is 2.10. The molecule has 2 aliphatic rings. The number of halogens is 2. The van der Waals surface area contributed by atoms with Crippen LogP contribution in [0.4, 0.5) is 20.2 Å². The van der Waals surface area contributed by atoms with E-state index in [4.69, 9.17) is 4.74 Å². The molecule has 0 atom stereocenters. The van der Waals surface area contributed by atoms with E-state index in [0.717, 1.165) is 43.1 Å². The SMILES string of the molecule is CNC1CCC(N2CCN(c3ccccc3OC(C)C)CC2)CC1.O=CNc1c(F)cccc1F. The molecular formula is C27H38F2N4O2. The van der Waals surface area contributed by atoms with E-state index in [1.54, 1.807) is 0 Å². The van der Waals surface area contributed by atoms with Crippen LogP contribution < -0.4 is 20.3 Å². The molecule has 4 rings (SSSR count). The zero-order valence-corrected chi connectivity index (χ0v) is 21.0. The van der Waals surface area contributed by atoms with Gasteiger partial charge in [0.15, 0.2) is 0 Å². The molecule has 8 heteroatoms. The van der Waals surface area contributed by atoms with E-state index in [9.17, 15) is 13.6 Å². The number of amides is 1. The molecule has 1 saturated heterocycles. The minimum absolute atomic E-state index is 0.217. The van der Waals surface area contributed by atoms with E-state index >= 15 is 0 Å². The van der Waals surface area contributed by atoms with Gasteiger partial charge in [-0.05, 0) is 70.8 Å². The predicted octanol–water partition coefficient (Wildman–Crippen LogP) is 4.66. The van der Waals surface area contributed by atoms with Gasteiger partial charge in [-0.15, -0.1) is 0 Å². The highest BCUT2D eigenvalue weighted by atomic mass is 19.1. The summed E-state index contributed by atoms with van der Waals surface area (Å²) in [6.07, 6.45) is 5.78. The maximum Gasteiger partial charge on any atom is 0.211 e. The van der Waals surface area contributed by atoms with Crippen molar-refractivity contribution in [3.8, 4) is 5.75 Å². The molecule has 2 fully saturated rings. The minimum atomic E-state index is -0.780. The van der Waals surface area contributed by atoms with Gasteiger partial charge in [0.2, 0.25) is 6.41 Å². The Morgan fingerprint density at radius 2 is 1.57 bits per heavy atom. The summed E-state index contributed by atoms with van der Waals surface area (Å²) in [4.78, 5) is 15.0. The molecule has 1 saturated carbocycles. The molecule has 6 nitrogen and oxygen atoms in total. The second kappa shape index (κ2) is 13.4. The first-order chi connectivity index (χ1) is 16.9. The number of nitrogens with one attached hydrogen (secondary N) is 2. The zero-order chi connectivity index (χ0) is 25.2. The van der Waals surface area contributed by atoms with E-state index < -0.39 is 17.3 Å². The maximum absolute atomic E-state index is 12.6. The fourth-order valence-electron chi connectivity index (χ4n) is 4.82. The number of hydrogen-bond donors (Lipinski definition) is 2. The molecule has 0 spiro atoms. The molecular weight excluding hydrogens is 450 g/mol. The first-order valence-corrected chi connectivity index (χ1v) is 12.5. The molecule has 35 heavy (non-hydrogen) atoms. The van der Waals surface area contributed by atoms with E-state index in [2.05, 4.69) is 60.3 Å². The van der Waals surface area contributed by atoms with E-state index in [-0.39, 0.29) is 12.5 Å². The van der Waals surface area contributed by atoms with Gasteiger partial charge in [0.1, 0.15) is 23.1 Å². The predicted molar refractivity (Wildman–Crippen MR) is 137 cm³/mol. The number of anilines is 2. The lowest BCUT2D eigenvalue weighted by Gasteiger charge is -2.43. The number of benzene rings is 2. The van der Waals surface area contributed by atoms with Crippen molar-refractivity contribution in [1.82, 2.24) is 10.2 Å². The number of carbonyl (C=O) groups is 1. The van der Waals surface area contributed by atoms with Gasteiger partial charge < -0.3 is 20.3 Å². The molecule has 1 amide bonds. The van der Waals surface area contributed by atoms with Crippen molar-refractivity contribution < 1.29 is 18.3 Å². The van der Waals surface area contributed by atoms with Crippen LogP contribution >= 0.6 is 0 Å². The van der Waals surface area contributed by atoms with E-state index in [1.165, 1.54) is 50.5 Å². The Morgan fingerprint density at radius 3 is 2.14 bits per heavy atom. The van der Waals surface area contributed by atoms with Gasteiger partial charge in [-0.3, -0.25) is 9.69 Å². The molecule has 0 unspecified atom stereocenters. The Labute approximate surface area is 207 Å². The van der Waals surface area contributed by atoms with Gasteiger partial charge in [0, 0.05) is 38.3 Å². The average Bonchev–Trinajstić information content (AvgIpc) is 2.87. The first-order valence-electron chi connectivity index (χ1n) is 12.5. The highest BCUT2D eigenvalue weighted by Crippen LogP contribution is 2.31. The van der Waals surface area contributed by atoms with Gasteiger partial charge in [-0.1, -0.05) is 18.2 Å². The molecule has 1 aliphatic heterocycles. The zero-order valence-electron chi connectivity index (χ0n) is 21.0. The number of nitrogens with zero attached hydrogens (tertiary/aromatic N) is 2. The van der Waals surface area contributed by atoms with Crippen LogP contribution in [-0.4, -0.2) is 62.7 Å². The smallest absolute Gasteiger partial charge is 0.211 e. The van der Waals surface area contributed by atoms with Crippen molar-refractivity contribution in [3.63, 3.8) is 0 Å². The molecule has 1 aliphatic carbocycles. The third-order valence-corrected chi connectivity index (χ3v) is 6.67. The van der Waals surface area contributed by atoms with Crippen molar-refractivity contribution in [2.24, 2.45) is 0 Å². The van der Waals surface area contributed by atoms with E-state index in [0.29, 0.717) is 0 Å². The second-order valence-corrected chi connectivity index (χ2v) is 9.31. The summed E-state index contributed by atoms with van der Waals surface area (Å²) in [6.45, 7) is 8.73. The Bertz CT molecular complexity index is 907. The summed E-state index contributed by atoms with van der Waals surface area (Å²) in [5.41, 5.74) is 0.840. The second-order valence-electron chi connectivity index (χ2n) is 9.31. The third kappa shape index (κ3) is 7.64. The Morgan fingerprint density at radius 1 is 0.943 bits per heavy atom. The highest BCUT2D eigenvalue weighted by Gasteiger charge is 2.28. The summed E-state index contributed by atoms with van der Waals surface area (Å²) >= 11 is 0. The molecule has 0 aromatic heterocycles. The lowest BCUT2D eigenvalue weighted by Crippen LogP contribution is -2.52. The van der Waals surface area contributed by atoms with Crippen LogP contribution in [0.2, 0.25) is 0 Å². The normalized spacial score (nSPS) is 20.7. The molecule has 0 bridgehead atoms. The van der Waals surface area contributed by atoms with Crippen molar-refractivity contribution in [2.45, 2.75) is 57.7 Å². The standard InChI is InChI=1S/C20H33N3O.C7H5F2NO/c1-16(2)24-20-7-5-4-6-19(20)23-14-12-22(13-15-23)18-10-8-17(21-3)9-11-18;8-5-2-1-3-6(9)7(5)10-4-11/h4-7,16-18,21H,8-15H2,1-3H3;1-4H,(H,10,11). The number of rotatable bonds is 7. The lowest BCUT2D eigenvalue weighted by atomic mass is 9.90. The van der Waals surface area contributed by atoms with Gasteiger partial charge in [0.05, 0.1) is 11.8 Å². The maximum atomic E-state index is 12.6.